The summed E-state index contributed by atoms with van der Waals surface area (Å²) in [7, 11) is 0. The maximum Gasteiger partial charge on any atom is 0.151 e. The monoisotopic (exact) mass is 213 g/mol. The van der Waals surface area contributed by atoms with E-state index in [0.717, 1.165) is 11.8 Å². The highest BCUT2D eigenvalue weighted by atomic mass is 79.9. The van der Waals surface area contributed by atoms with Gasteiger partial charge in [-0.05, 0) is 40.5 Å². The van der Waals surface area contributed by atoms with Crippen LogP contribution in [0.2, 0.25) is 0 Å². The number of nitrogen functional groups attached to an aromatic ring is 1. The number of carbonyl (C=O) groups excluding carboxylic acids is 1. The Morgan fingerprint density at radius 2 is 2.18 bits per heavy atom. The van der Waals surface area contributed by atoms with Crippen LogP contribution in [0.5, 0.6) is 0 Å². The minimum Gasteiger partial charge on any atom is -0.398 e. The fraction of sp³-hybridized carbons (Fsp3) is 0.125. The van der Waals surface area contributed by atoms with Crippen LogP contribution in [0.25, 0.3) is 0 Å². The molecule has 0 atom stereocenters. The van der Waals surface area contributed by atoms with Crippen LogP contribution in [-0.2, 0) is 0 Å². The number of carbonyl (C=O) groups is 1. The SMILES string of the molecule is Cc1cc(N)c(Br)c(C=O)c1. The predicted octanol–water partition coefficient (Wildman–Crippen LogP) is 2.15. The van der Waals surface area contributed by atoms with Gasteiger partial charge in [0.15, 0.2) is 6.29 Å². The van der Waals surface area contributed by atoms with Crippen LogP contribution in [0.15, 0.2) is 16.6 Å². The standard InChI is InChI=1S/C8H8BrNO/c1-5-2-6(4-11)8(9)7(10)3-5/h2-4H,10H2,1H3. The Balaban J connectivity index is 3.35. The van der Waals surface area contributed by atoms with Gasteiger partial charge in [-0.25, -0.2) is 0 Å². The highest BCUT2D eigenvalue weighted by Gasteiger charge is 2.02. The Kier molecular flexibility index (Phi) is 2.29. The van der Waals surface area contributed by atoms with Gasteiger partial charge in [0, 0.05) is 11.3 Å². The van der Waals surface area contributed by atoms with Gasteiger partial charge in [-0.2, -0.15) is 0 Å². The van der Waals surface area contributed by atoms with Crippen molar-refractivity contribution in [3.05, 3.63) is 27.7 Å². The third kappa shape index (κ3) is 1.60. The van der Waals surface area contributed by atoms with E-state index in [9.17, 15) is 4.79 Å². The summed E-state index contributed by atoms with van der Waals surface area (Å²) < 4.78 is 0.679. The first-order chi connectivity index (χ1) is 5.15. The zero-order chi connectivity index (χ0) is 8.43. The van der Waals surface area contributed by atoms with Crippen LogP contribution in [0.1, 0.15) is 15.9 Å². The van der Waals surface area contributed by atoms with E-state index in [2.05, 4.69) is 15.9 Å². The minimum atomic E-state index is 0.600. The topological polar surface area (TPSA) is 43.1 Å². The molecule has 0 spiro atoms. The largest absolute Gasteiger partial charge is 0.398 e. The summed E-state index contributed by atoms with van der Waals surface area (Å²) in [6.07, 6.45) is 0.785. The molecule has 0 saturated carbocycles. The lowest BCUT2D eigenvalue weighted by atomic mass is 10.1. The molecule has 2 N–H and O–H groups in total. The number of rotatable bonds is 1. The van der Waals surface area contributed by atoms with E-state index >= 15 is 0 Å². The third-order valence-corrected chi connectivity index (χ3v) is 2.32. The molecule has 1 aromatic rings. The maximum absolute atomic E-state index is 10.4. The second-order valence-electron chi connectivity index (χ2n) is 2.38. The molecule has 0 amide bonds. The number of benzene rings is 1. The Bertz CT molecular complexity index is 296. The van der Waals surface area contributed by atoms with E-state index in [0.29, 0.717) is 15.7 Å². The highest BCUT2D eigenvalue weighted by molar-refractivity contribution is 9.10. The van der Waals surface area contributed by atoms with Gasteiger partial charge in [0.25, 0.3) is 0 Å². The van der Waals surface area contributed by atoms with Gasteiger partial charge in [0.2, 0.25) is 0 Å². The van der Waals surface area contributed by atoms with Crippen LogP contribution >= 0.6 is 15.9 Å². The number of aldehydes is 1. The van der Waals surface area contributed by atoms with Gasteiger partial charge in [0.1, 0.15) is 0 Å². The van der Waals surface area contributed by atoms with Gasteiger partial charge >= 0.3 is 0 Å². The molecule has 1 rings (SSSR count). The Hall–Kier alpha value is -0.830. The molecule has 0 aliphatic rings. The zero-order valence-corrected chi connectivity index (χ0v) is 7.68. The Morgan fingerprint density at radius 1 is 1.55 bits per heavy atom. The molecule has 58 valence electrons. The summed E-state index contributed by atoms with van der Waals surface area (Å²) in [6.45, 7) is 1.90. The van der Waals surface area contributed by atoms with Crippen LogP contribution in [0.3, 0.4) is 0 Å². The average molecular weight is 214 g/mol. The van der Waals surface area contributed by atoms with E-state index in [1.54, 1.807) is 6.07 Å². The predicted molar refractivity (Wildman–Crippen MR) is 48.7 cm³/mol. The number of anilines is 1. The normalized spacial score (nSPS) is 9.64. The molecular weight excluding hydrogens is 206 g/mol. The molecule has 0 saturated heterocycles. The number of hydrogen-bond donors (Lipinski definition) is 1. The average Bonchev–Trinajstić information content (AvgIpc) is 1.96. The molecule has 3 heteroatoms. The fourth-order valence-electron chi connectivity index (χ4n) is 0.911. The molecule has 0 bridgehead atoms. The van der Waals surface area contributed by atoms with Crippen molar-refractivity contribution >= 4 is 27.9 Å². The van der Waals surface area contributed by atoms with E-state index in [1.165, 1.54) is 0 Å². The van der Waals surface area contributed by atoms with Crippen molar-refractivity contribution in [1.29, 1.82) is 0 Å². The molecule has 0 unspecified atom stereocenters. The van der Waals surface area contributed by atoms with Crippen LogP contribution < -0.4 is 5.73 Å². The first kappa shape index (κ1) is 8.27. The van der Waals surface area contributed by atoms with Gasteiger partial charge in [-0.3, -0.25) is 4.79 Å². The van der Waals surface area contributed by atoms with E-state index in [-0.39, 0.29) is 0 Å². The summed E-state index contributed by atoms with van der Waals surface area (Å²) in [5.74, 6) is 0. The van der Waals surface area contributed by atoms with E-state index < -0.39 is 0 Å². The summed E-state index contributed by atoms with van der Waals surface area (Å²) in [6, 6.07) is 3.60. The van der Waals surface area contributed by atoms with Crippen LogP contribution in [0, 0.1) is 6.92 Å². The van der Waals surface area contributed by atoms with Crippen molar-refractivity contribution in [3.63, 3.8) is 0 Å². The smallest absolute Gasteiger partial charge is 0.151 e. The number of hydrogen-bond acceptors (Lipinski definition) is 2. The number of halogens is 1. The lowest BCUT2D eigenvalue weighted by Crippen LogP contribution is -1.92. The molecule has 0 heterocycles. The lowest BCUT2D eigenvalue weighted by molar-refractivity contribution is 0.112. The fourth-order valence-corrected chi connectivity index (χ4v) is 1.23. The first-order valence-electron chi connectivity index (χ1n) is 3.16. The second kappa shape index (κ2) is 3.05. The van der Waals surface area contributed by atoms with Crippen molar-refractivity contribution in [2.75, 3.05) is 5.73 Å². The molecule has 0 fully saturated rings. The quantitative estimate of drug-likeness (QED) is 0.574. The van der Waals surface area contributed by atoms with E-state index in [4.69, 9.17) is 5.73 Å². The molecule has 0 aliphatic carbocycles. The molecule has 0 radical (unpaired) electrons. The number of nitrogens with two attached hydrogens (primary N) is 1. The van der Waals surface area contributed by atoms with Crippen LogP contribution in [-0.4, -0.2) is 6.29 Å². The molecular formula is C8H8BrNO. The zero-order valence-electron chi connectivity index (χ0n) is 6.10. The summed E-state index contributed by atoms with van der Waals surface area (Å²) >= 11 is 3.22. The van der Waals surface area contributed by atoms with Gasteiger partial charge < -0.3 is 5.73 Å². The summed E-state index contributed by atoms with van der Waals surface area (Å²) in [5.41, 5.74) is 7.79. The van der Waals surface area contributed by atoms with Crippen molar-refractivity contribution in [3.8, 4) is 0 Å². The molecule has 11 heavy (non-hydrogen) atoms. The second-order valence-corrected chi connectivity index (χ2v) is 3.17. The van der Waals surface area contributed by atoms with Crippen LogP contribution in [0.4, 0.5) is 5.69 Å². The Labute approximate surface area is 73.5 Å². The summed E-state index contributed by atoms with van der Waals surface area (Å²) in [5, 5.41) is 0. The first-order valence-corrected chi connectivity index (χ1v) is 3.95. The van der Waals surface area contributed by atoms with E-state index in [1.807, 2.05) is 13.0 Å². The van der Waals surface area contributed by atoms with Gasteiger partial charge in [-0.15, -0.1) is 0 Å². The molecule has 2 nitrogen and oxygen atoms in total. The highest BCUT2D eigenvalue weighted by Crippen LogP contribution is 2.24. The molecule has 1 aromatic carbocycles. The van der Waals surface area contributed by atoms with Crippen molar-refractivity contribution < 1.29 is 4.79 Å². The van der Waals surface area contributed by atoms with Gasteiger partial charge in [-0.1, -0.05) is 0 Å². The van der Waals surface area contributed by atoms with Crippen molar-refractivity contribution in [2.45, 2.75) is 6.92 Å². The molecule has 0 aliphatic heterocycles. The molecule has 0 aromatic heterocycles. The third-order valence-electron chi connectivity index (χ3n) is 1.40. The lowest BCUT2D eigenvalue weighted by Gasteiger charge is -2.02. The maximum atomic E-state index is 10.4. The summed E-state index contributed by atoms with van der Waals surface area (Å²) in [4.78, 5) is 10.4. The number of aryl methyl sites for hydroxylation is 1. The van der Waals surface area contributed by atoms with Crippen molar-refractivity contribution in [1.82, 2.24) is 0 Å². The Morgan fingerprint density at radius 3 is 2.73 bits per heavy atom. The van der Waals surface area contributed by atoms with Crippen molar-refractivity contribution in [2.24, 2.45) is 0 Å². The minimum absolute atomic E-state index is 0.600. The van der Waals surface area contributed by atoms with Gasteiger partial charge in [0.05, 0.1) is 4.47 Å².